The highest BCUT2D eigenvalue weighted by Gasteiger charge is 2.21. The first-order valence-corrected chi connectivity index (χ1v) is 7.31. The molecule has 17 heavy (non-hydrogen) atoms. The number of hydrogen-bond acceptors (Lipinski definition) is 3. The Labute approximate surface area is 107 Å². The summed E-state index contributed by atoms with van der Waals surface area (Å²) in [5.41, 5.74) is 0. The highest BCUT2D eigenvalue weighted by Crippen LogP contribution is 2.14. The summed E-state index contributed by atoms with van der Waals surface area (Å²) in [6, 6.07) is 0.643. The number of likely N-dealkylation sites (tertiary alicyclic amines) is 1. The SMILES string of the molecule is CCCOC1CCCN(CC(CCC)NC)C1. The predicted molar refractivity (Wildman–Crippen MR) is 73.5 cm³/mol. The van der Waals surface area contributed by atoms with Gasteiger partial charge in [-0.1, -0.05) is 20.3 Å². The molecule has 1 rings (SSSR count). The first-order valence-electron chi connectivity index (χ1n) is 7.31. The molecule has 0 aromatic carbocycles. The van der Waals surface area contributed by atoms with E-state index in [0.717, 1.165) is 19.6 Å². The van der Waals surface area contributed by atoms with Gasteiger partial charge in [-0.25, -0.2) is 0 Å². The van der Waals surface area contributed by atoms with Gasteiger partial charge in [-0.15, -0.1) is 0 Å². The van der Waals surface area contributed by atoms with E-state index in [2.05, 4.69) is 31.1 Å². The van der Waals surface area contributed by atoms with Gasteiger partial charge in [0.25, 0.3) is 0 Å². The van der Waals surface area contributed by atoms with Crippen molar-refractivity contribution in [3.63, 3.8) is 0 Å². The number of likely N-dealkylation sites (N-methyl/N-ethyl adjacent to an activating group) is 1. The van der Waals surface area contributed by atoms with E-state index in [1.165, 1.54) is 38.8 Å². The standard InChI is InChI=1S/C14H30N2O/c1-4-7-13(15-3)11-16-9-6-8-14(12-16)17-10-5-2/h13-15H,4-12H2,1-3H3. The maximum absolute atomic E-state index is 5.88. The van der Waals surface area contributed by atoms with Crippen LogP contribution in [0, 0.1) is 0 Å². The summed E-state index contributed by atoms with van der Waals surface area (Å²) in [6.07, 6.45) is 6.67. The fraction of sp³-hybridized carbons (Fsp3) is 1.00. The Morgan fingerprint density at radius 3 is 2.82 bits per heavy atom. The molecular formula is C14H30N2O. The lowest BCUT2D eigenvalue weighted by molar-refractivity contribution is -0.00227. The average Bonchev–Trinajstić information content (AvgIpc) is 2.36. The molecule has 2 atom stereocenters. The lowest BCUT2D eigenvalue weighted by Gasteiger charge is -2.34. The third-order valence-corrected chi connectivity index (χ3v) is 3.54. The third kappa shape index (κ3) is 5.84. The van der Waals surface area contributed by atoms with Gasteiger partial charge in [0, 0.05) is 25.7 Å². The summed E-state index contributed by atoms with van der Waals surface area (Å²) in [5.74, 6) is 0. The Kier molecular flexibility index (Phi) is 7.82. The molecular weight excluding hydrogens is 212 g/mol. The van der Waals surface area contributed by atoms with Crippen LogP contribution in [0.2, 0.25) is 0 Å². The van der Waals surface area contributed by atoms with Crippen LogP contribution >= 0.6 is 0 Å². The second-order valence-electron chi connectivity index (χ2n) is 5.17. The van der Waals surface area contributed by atoms with E-state index in [4.69, 9.17) is 4.74 Å². The summed E-state index contributed by atoms with van der Waals surface area (Å²) in [7, 11) is 2.08. The van der Waals surface area contributed by atoms with Crippen LogP contribution in [0.1, 0.15) is 46.0 Å². The van der Waals surface area contributed by atoms with Crippen LogP contribution < -0.4 is 5.32 Å². The molecule has 0 aromatic rings. The van der Waals surface area contributed by atoms with E-state index in [0.29, 0.717) is 12.1 Å². The van der Waals surface area contributed by atoms with Crippen LogP contribution in [0.4, 0.5) is 0 Å². The molecule has 1 aliphatic rings. The summed E-state index contributed by atoms with van der Waals surface area (Å²) in [4.78, 5) is 2.57. The summed E-state index contributed by atoms with van der Waals surface area (Å²) in [6.45, 7) is 8.90. The molecule has 102 valence electrons. The topological polar surface area (TPSA) is 24.5 Å². The second kappa shape index (κ2) is 8.90. The monoisotopic (exact) mass is 242 g/mol. The molecule has 0 amide bonds. The van der Waals surface area contributed by atoms with Gasteiger partial charge in [-0.05, 0) is 39.3 Å². The van der Waals surface area contributed by atoms with Crippen molar-refractivity contribution < 1.29 is 4.74 Å². The van der Waals surface area contributed by atoms with Gasteiger partial charge < -0.3 is 10.1 Å². The third-order valence-electron chi connectivity index (χ3n) is 3.54. The first-order chi connectivity index (χ1) is 8.30. The van der Waals surface area contributed by atoms with Crippen LogP contribution in [-0.4, -0.2) is 50.3 Å². The molecule has 1 aliphatic heterocycles. The van der Waals surface area contributed by atoms with E-state index in [1.54, 1.807) is 0 Å². The predicted octanol–water partition coefficient (Wildman–Crippen LogP) is 2.27. The molecule has 0 saturated carbocycles. The van der Waals surface area contributed by atoms with Gasteiger partial charge in [0.05, 0.1) is 6.10 Å². The van der Waals surface area contributed by atoms with Gasteiger partial charge in [0.1, 0.15) is 0 Å². The highest BCUT2D eigenvalue weighted by atomic mass is 16.5. The minimum absolute atomic E-state index is 0.475. The molecule has 3 heteroatoms. The van der Waals surface area contributed by atoms with Crippen molar-refractivity contribution in [2.45, 2.75) is 58.1 Å². The van der Waals surface area contributed by atoms with Crippen molar-refractivity contribution in [1.29, 1.82) is 0 Å². The number of ether oxygens (including phenoxy) is 1. The number of rotatable bonds is 8. The molecule has 1 fully saturated rings. The molecule has 3 nitrogen and oxygen atoms in total. The first kappa shape index (κ1) is 14.9. The van der Waals surface area contributed by atoms with Crippen molar-refractivity contribution in [3.8, 4) is 0 Å². The zero-order valence-electron chi connectivity index (χ0n) is 11.9. The average molecular weight is 242 g/mol. The van der Waals surface area contributed by atoms with Crippen molar-refractivity contribution in [1.82, 2.24) is 10.2 Å². The Morgan fingerprint density at radius 2 is 2.18 bits per heavy atom. The molecule has 0 spiro atoms. The Balaban J connectivity index is 2.27. The Morgan fingerprint density at radius 1 is 1.35 bits per heavy atom. The maximum Gasteiger partial charge on any atom is 0.0702 e. The Bertz CT molecular complexity index is 187. The molecule has 0 bridgehead atoms. The Hall–Kier alpha value is -0.120. The van der Waals surface area contributed by atoms with Gasteiger partial charge in [-0.3, -0.25) is 4.90 Å². The normalized spacial score (nSPS) is 23.8. The maximum atomic E-state index is 5.88. The zero-order chi connectivity index (χ0) is 12.5. The van der Waals surface area contributed by atoms with Crippen molar-refractivity contribution in [3.05, 3.63) is 0 Å². The minimum Gasteiger partial charge on any atom is -0.377 e. The number of nitrogens with zero attached hydrogens (tertiary/aromatic N) is 1. The van der Waals surface area contributed by atoms with E-state index in [-0.39, 0.29) is 0 Å². The molecule has 1 N–H and O–H groups in total. The van der Waals surface area contributed by atoms with Gasteiger partial charge in [0.2, 0.25) is 0 Å². The molecule has 2 unspecified atom stereocenters. The van der Waals surface area contributed by atoms with Gasteiger partial charge in [0.15, 0.2) is 0 Å². The van der Waals surface area contributed by atoms with Crippen molar-refractivity contribution in [2.24, 2.45) is 0 Å². The van der Waals surface area contributed by atoms with Crippen LogP contribution in [0.25, 0.3) is 0 Å². The van der Waals surface area contributed by atoms with E-state index in [9.17, 15) is 0 Å². The van der Waals surface area contributed by atoms with Crippen LogP contribution in [0.15, 0.2) is 0 Å². The lowest BCUT2D eigenvalue weighted by Crippen LogP contribution is -2.46. The molecule has 0 aliphatic carbocycles. The minimum atomic E-state index is 0.475. The molecule has 0 radical (unpaired) electrons. The molecule has 1 heterocycles. The van der Waals surface area contributed by atoms with Crippen LogP contribution in [0.3, 0.4) is 0 Å². The van der Waals surface area contributed by atoms with Crippen LogP contribution in [-0.2, 0) is 4.74 Å². The van der Waals surface area contributed by atoms with Crippen molar-refractivity contribution >= 4 is 0 Å². The number of piperidine rings is 1. The van der Waals surface area contributed by atoms with Gasteiger partial charge >= 0.3 is 0 Å². The molecule has 1 saturated heterocycles. The molecule has 0 aromatic heterocycles. The fourth-order valence-electron chi connectivity index (χ4n) is 2.59. The van der Waals surface area contributed by atoms with E-state index in [1.807, 2.05) is 0 Å². The fourth-order valence-corrected chi connectivity index (χ4v) is 2.59. The van der Waals surface area contributed by atoms with Crippen LogP contribution in [0.5, 0.6) is 0 Å². The summed E-state index contributed by atoms with van der Waals surface area (Å²) < 4.78 is 5.88. The highest BCUT2D eigenvalue weighted by molar-refractivity contribution is 4.77. The quantitative estimate of drug-likeness (QED) is 0.706. The largest absolute Gasteiger partial charge is 0.377 e. The van der Waals surface area contributed by atoms with E-state index >= 15 is 0 Å². The smallest absolute Gasteiger partial charge is 0.0702 e. The van der Waals surface area contributed by atoms with Gasteiger partial charge in [-0.2, -0.15) is 0 Å². The summed E-state index contributed by atoms with van der Waals surface area (Å²) in [5, 5.41) is 3.43. The van der Waals surface area contributed by atoms with Crippen molar-refractivity contribution in [2.75, 3.05) is 33.3 Å². The number of nitrogens with one attached hydrogen (secondary N) is 1. The number of hydrogen-bond donors (Lipinski definition) is 1. The zero-order valence-corrected chi connectivity index (χ0v) is 11.9. The second-order valence-corrected chi connectivity index (χ2v) is 5.17. The summed E-state index contributed by atoms with van der Waals surface area (Å²) >= 11 is 0. The van der Waals surface area contributed by atoms with E-state index < -0.39 is 0 Å². The lowest BCUT2D eigenvalue weighted by atomic mass is 10.1.